The molecule has 0 aliphatic carbocycles. The molecule has 1 unspecified atom stereocenters. The van der Waals surface area contributed by atoms with E-state index in [4.69, 9.17) is 0 Å². The summed E-state index contributed by atoms with van der Waals surface area (Å²) in [5.74, 6) is -0.673. The Morgan fingerprint density at radius 1 is 1.10 bits per heavy atom. The Bertz CT molecular complexity index is 797. The minimum atomic E-state index is -4.44. The number of rotatable bonds is 6. The summed E-state index contributed by atoms with van der Waals surface area (Å²) in [7, 11) is 0. The third-order valence-electron chi connectivity index (χ3n) is 5.60. The number of carbonyl (C=O) groups is 3. The predicted molar refractivity (Wildman–Crippen MR) is 103 cm³/mol. The molecule has 2 fully saturated rings. The van der Waals surface area contributed by atoms with Gasteiger partial charge >= 0.3 is 6.18 Å². The van der Waals surface area contributed by atoms with Gasteiger partial charge in [-0.05, 0) is 37.0 Å². The van der Waals surface area contributed by atoms with Gasteiger partial charge in [0.25, 0.3) is 0 Å². The van der Waals surface area contributed by atoms with Crippen LogP contribution in [0.25, 0.3) is 0 Å². The fourth-order valence-corrected chi connectivity index (χ4v) is 3.90. The first-order chi connectivity index (χ1) is 14.2. The van der Waals surface area contributed by atoms with E-state index in [-0.39, 0.29) is 37.2 Å². The summed E-state index contributed by atoms with van der Waals surface area (Å²) in [6.45, 7) is 1.72. The number of nitrogens with zero attached hydrogens (tertiary/aromatic N) is 2. The first-order valence-electron chi connectivity index (χ1n) is 10.2. The second kappa shape index (κ2) is 9.49. The molecule has 2 heterocycles. The molecule has 3 amide bonds. The first kappa shape index (κ1) is 22.1. The Balaban J connectivity index is 1.52. The van der Waals surface area contributed by atoms with Crippen molar-refractivity contribution in [2.45, 2.75) is 44.8 Å². The second-order valence-electron chi connectivity index (χ2n) is 7.84. The van der Waals surface area contributed by atoms with Crippen LogP contribution in [-0.4, -0.2) is 53.7 Å². The lowest BCUT2D eigenvalue weighted by atomic mass is 9.96. The molecular formula is C21H26F3N3O3. The van der Waals surface area contributed by atoms with E-state index >= 15 is 0 Å². The van der Waals surface area contributed by atoms with Crippen molar-refractivity contribution in [1.29, 1.82) is 0 Å². The summed E-state index contributed by atoms with van der Waals surface area (Å²) >= 11 is 0. The van der Waals surface area contributed by atoms with E-state index in [0.717, 1.165) is 25.0 Å². The molecule has 164 valence electrons. The number of benzene rings is 1. The summed E-state index contributed by atoms with van der Waals surface area (Å²) in [6, 6.07) is 4.89. The van der Waals surface area contributed by atoms with Gasteiger partial charge in [0.15, 0.2) is 0 Å². The number of amides is 3. The summed E-state index contributed by atoms with van der Waals surface area (Å²) < 4.78 is 38.7. The van der Waals surface area contributed by atoms with E-state index in [1.54, 1.807) is 11.0 Å². The zero-order valence-electron chi connectivity index (χ0n) is 16.7. The molecule has 0 radical (unpaired) electrons. The molecule has 0 saturated carbocycles. The van der Waals surface area contributed by atoms with Gasteiger partial charge in [-0.3, -0.25) is 14.4 Å². The van der Waals surface area contributed by atoms with Crippen LogP contribution in [0, 0.1) is 5.92 Å². The van der Waals surface area contributed by atoms with Gasteiger partial charge in [-0.15, -0.1) is 0 Å². The van der Waals surface area contributed by atoms with Crippen molar-refractivity contribution in [2.75, 3.05) is 26.2 Å². The molecule has 1 N–H and O–H groups in total. The molecule has 3 rings (SSSR count). The summed E-state index contributed by atoms with van der Waals surface area (Å²) in [4.78, 5) is 39.7. The zero-order valence-corrected chi connectivity index (χ0v) is 16.7. The number of nitrogens with one attached hydrogen (secondary N) is 1. The van der Waals surface area contributed by atoms with Crippen LogP contribution < -0.4 is 5.32 Å². The molecule has 6 nitrogen and oxygen atoms in total. The molecular weight excluding hydrogens is 399 g/mol. The van der Waals surface area contributed by atoms with E-state index in [1.165, 1.54) is 11.0 Å². The predicted octanol–water partition coefficient (Wildman–Crippen LogP) is 2.57. The number of likely N-dealkylation sites (tertiary alicyclic amines) is 2. The average molecular weight is 425 g/mol. The molecule has 9 heteroatoms. The number of hydrogen-bond acceptors (Lipinski definition) is 3. The van der Waals surface area contributed by atoms with Gasteiger partial charge < -0.3 is 15.1 Å². The monoisotopic (exact) mass is 425 g/mol. The summed E-state index contributed by atoms with van der Waals surface area (Å²) in [6.07, 6.45) is -1.44. The third-order valence-corrected chi connectivity index (χ3v) is 5.60. The van der Waals surface area contributed by atoms with Gasteiger partial charge in [0, 0.05) is 45.6 Å². The van der Waals surface area contributed by atoms with Crippen LogP contribution in [0.2, 0.25) is 0 Å². The third kappa shape index (κ3) is 5.73. The Kier molecular flexibility index (Phi) is 6.99. The Morgan fingerprint density at radius 3 is 2.60 bits per heavy atom. The molecule has 0 spiro atoms. The van der Waals surface area contributed by atoms with Crippen LogP contribution in [0.3, 0.4) is 0 Å². The number of carbonyl (C=O) groups excluding carboxylic acids is 3. The molecule has 2 aliphatic rings. The van der Waals surface area contributed by atoms with Gasteiger partial charge in [-0.2, -0.15) is 13.2 Å². The van der Waals surface area contributed by atoms with E-state index in [9.17, 15) is 27.6 Å². The highest BCUT2D eigenvalue weighted by Gasteiger charge is 2.32. The summed E-state index contributed by atoms with van der Waals surface area (Å²) in [5.41, 5.74) is -0.381. The smallest absolute Gasteiger partial charge is 0.354 e. The first-order valence-corrected chi connectivity index (χ1v) is 10.2. The van der Waals surface area contributed by atoms with Gasteiger partial charge in [0.2, 0.25) is 17.7 Å². The van der Waals surface area contributed by atoms with Crippen LogP contribution in [0.1, 0.15) is 43.2 Å². The largest absolute Gasteiger partial charge is 0.416 e. The fourth-order valence-electron chi connectivity index (χ4n) is 3.90. The van der Waals surface area contributed by atoms with E-state index in [0.29, 0.717) is 38.0 Å². The molecule has 2 aliphatic heterocycles. The van der Waals surface area contributed by atoms with Crippen molar-refractivity contribution in [3.8, 4) is 0 Å². The number of halogens is 3. The van der Waals surface area contributed by atoms with Crippen molar-refractivity contribution in [2.24, 2.45) is 5.92 Å². The van der Waals surface area contributed by atoms with E-state index in [1.807, 2.05) is 0 Å². The number of piperidine rings is 2. The second-order valence-corrected chi connectivity index (χ2v) is 7.84. The van der Waals surface area contributed by atoms with Crippen molar-refractivity contribution in [3.05, 3.63) is 35.4 Å². The van der Waals surface area contributed by atoms with Gasteiger partial charge in [-0.25, -0.2) is 0 Å². The molecule has 0 bridgehead atoms. The van der Waals surface area contributed by atoms with Crippen LogP contribution in [0.15, 0.2) is 24.3 Å². The van der Waals surface area contributed by atoms with Crippen LogP contribution in [0.4, 0.5) is 13.2 Å². The van der Waals surface area contributed by atoms with Gasteiger partial charge in [0.1, 0.15) is 0 Å². The highest BCUT2D eigenvalue weighted by atomic mass is 19.4. The highest BCUT2D eigenvalue weighted by Crippen LogP contribution is 2.30. The fraction of sp³-hybridized carbons (Fsp3) is 0.571. The van der Waals surface area contributed by atoms with Crippen LogP contribution in [0.5, 0.6) is 0 Å². The Hall–Kier alpha value is -2.58. The lowest BCUT2D eigenvalue weighted by molar-refractivity contribution is -0.139. The zero-order chi connectivity index (χ0) is 21.7. The van der Waals surface area contributed by atoms with Crippen molar-refractivity contribution < 1.29 is 27.6 Å². The maximum atomic E-state index is 12.9. The van der Waals surface area contributed by atoms with Crippen LogP contribution in [-0.2, 0) is 27.1 Å². The van der Waals surface area contributed by atoms with E-state index in [2.05, 4.69) is 5.32 Å². The topological polar surface area (TPSA) is 69.7 Å². The SMILES string of the molecule is O=C(NCCN1CCCCC1=O)C1CCC(=O)N(Cc2cccc(C(F)(F)F)c2)C1. The average Bonchev–Trinajstić information content (AvgIpc) is 2.70. The van der Waals surface area contributed by atoms with E-state index < -0.39 is 17.7 Å². The normalized spacial score (nSPS) is 20.4. The highest BCUT2D eigenvalue weighted by molar-refractivity contribution is 5.84. The minimum absolute atomic E-state index is 0.0365. The van der Waals surface area contributed by atoms with Crippen molar-refractivity contribution >= 4 is 17.7 Å². The Labute approximate surface area is 173 Å². The number of alkyl halides is 3. The lowest BCUT2D eigenvalue weighted by Gasteiger charge is -2.32. The van der Waals surface area contributed by atoms with Crippen molar-refractivity contribution in [1.82, 2.24) is 15.1 Å². The van der Waals surface area contributed by atoms with Crippen LogP contribution >= 0.6 is 0 Å². The lowest BCUT2D eigenvalue weighted by Crippen LogP contribution is -2.47. The van der Waals surface area contributed by atoms with Gasteiger partial charge in [0.05, 0.1) is 11.5 Å². The molecule has 0 aromatic heterocycles. The summed E-state index contributed by atoms with van der Waals surface area (Å²) in [5, 5.41) is 2.83. The maximum absolute atomic E-state index is 12.9. The minimum Gasteiger partial charge on any atom is -0.354 e. The number of hydrogen-bond donors (Lipinski definition) is 1. The molecule has 30 heavy (non-hydrogen) atoms. The molecule has 1 aromatic carbocycles. The van der Waals surface area contributed by atoms with Crippen molar-refractivity contribution in [3.63, 3.8) is 0 Å². The molecule has 2 saturated heterocycles. The maximum Gasteiger partial charge on any atom is 0.416 e. The standard InChI is InChI=1S/C21H26F3N3O3/c22-21(23,24)17-5-3-4-15(12-17)13-27-14-16(7-8-19(27)29)20(30)25-9-11-26-10-2-1-6-18(26)28/h3-5,12,16H,1-2,6-11,13-14H2,(H,25,30). The molecule has 1 atom stereocenters. The quantitative estimate of drug-likeness (QED) is 0.762. The van der Waals surface area contributed by atoms with Gasteiger partial charge in [-0.1, -0.05) is 12.1 Å². The Morgan fingerprint density at radius 2 is 1.87 bits per heavy atom. The molecule has 1 aromatic rings.